The summed E-state index contributed by atoms with van der Waals surface area (Å²) in [5.74, 6) is 0.665. The normalized spacial score (nSPS) is 11.8. The number of fused-ring (bicyclic) bond motifs is 11. The van der Waals surface area contributed by atoms with E-state index in [9.17, 15) is 0 Å². The minimum absolute atomic E-state index is 0.665. The van der Waals surface area contributed by atoms with Gasteiger partial charge in [0.2, 0.25) is 5.95 Å². The molecule has 0 spiro atoms. The highest BCUT2D eigenvalue weighted by atomic mass is 15.2. The summed E-state index contributed by atoms with van der Waals surface area (Å²) in [6.45, 7) is 0. The molecule has 196 valence electrons. The van der Waals surface area contributed by atoms with Crippen molar-refractivity contribution in [3.63, 3.8) is 0 Å². The molecule has 0 bridgehead atoms. The Bertz CT molecular complexity index is 2250. The molecule has 0 N–H and O–H groups in total. The van der Waals surface area contributed by atoms with Gasteiger partial charge in [0.15, 0.2) is 0 Å². The van der Waals surface area contributed by atoms with E-state index in [1.807, 2.05) is 6.20 Å². The third-order valence-electron chi connectivity index (χ3n) is 8.42. The summed E-state index contributed by atoms with van der Waals surface area (Å²) < 4.78 is 4.49. The van der Waals surface area contributed by atoms with E-state index in [-0.39, 0.29) is 0 Å². The first-order valence-corrected chi connectivity index (χ1v) is 14.2. The molecule has 3 heterocycles. The zero-order valence-electron chi connectivity index (χ0n) is 22.6. The van der Waals surface area contributed by atoms with Crippen LogP contribution >= 0.6 is 0 Å². The van der Waals surface area contributed by atoms with E-state index in [1.165, 1.54) is 21.9 Å². The van der Waals surface area contributed by atoms with Gasteiger partial charge in [-0.3, -0.25) is 4.57 Å². The van der Waals surface area contributed by atoms with Gasteiger partial charge in [0.05, 0.1) is 22.4 Å². The molecule has 1 aliphatic rings. The summed E-state index contributed by atoms with van der Waals surface area (Å²) >= 11 is 0. The second kappa shape index (κ2) is 8.88. The predicted molar refractivity (Wildman–Crippen MR) is 171 cm³/mol. The third kappa shape index (κ3) is 3.23. The van der Waals surface area contributed by atoms with Crippen LogP contribution in [-0.4, -0.2) is 19.1 Å². The van der Waals surface area contributed by atoms with Gasteiger partial charge in [-0.25, -0.2) is 9.97 Å². The van der Waals surface area contributed by atoms with E-state index < -0.39 is 0 Å². The van der Waals surface area contributed by atoms with Gasteiger partial charge in [0.1, 0.15) is 0 Å². The number of para-hydroxylation sites is 3. The van der Waals surface area contributed by atoms with E-state index in [0.29, 0.717) is 5.95 Å². The number of nitrogens with zero attached hydrogens (tertiary/aromatic N) is 4. The lowest BCUT2D eigenvalue weighted by atomic mass is 9.86. The molecule has 0 aliphatic heterocycles. The molecule has 9 rings (SSSR count). The maximum Gasteiger partial charge on any atom is 0.235 e. The molecular formula is C38H24N4. The van der Waals surface area contributed by atoms with E-state index in [2.05, 4.69) is 149 Å². The minimum atomic E-state index is 0.665. The van der Waals surface area contributed by atoms with Crippen molar-refractivity contribution in [2.24, 2.45) is 0 Å². The van der Waals surface area contributed by atoms with Crippen molar-refractivity contribution in [3.05, 3.63) is 146 Å². The van der Waals surface area contributed by atoms with Crippen LogP contribution in [0.3, 0.4) is 0 Å². The first kappa shape index (κ1) is 23.0. The monoisotopic (exact) mass is 536 g/mol. The zero-order chi connectivity index (χ0) is 27.6. The van der Waals surface area contributed by atoms with Gasteiger partial charge in [-0.15, -0.1) is 0 Å². The van der Waals surface area contributed by atoms with Crippen LogP contribution in [0.25, 0.3) is 78.2 Å². The molecule has 8 aromatic rings. The second-order valence-corrected chi connectivity index (χ2v) is 10.7. The molecule has 0 atom stereocenters. The Morgan fingerprint density at radius 1 is 0.452 bits per heavy atom. The van der Waals surface area contributed by atoms with Crippen LogP contribution in [0.2, 0.25) is 0 Å². The van der Waals surface area contributed by atoms with Crippen molar-refractivity contribution in [2.45, 2.75) is 0 Å². The summed E-state index contributed by atoms with van der Waals surface area (Å²) in [4.78, 5) is 10.4. The molecule has 3 aromatic heterocycles. The van der Waals surface area contributed by atoms with Gasteiger partial charge in [0, 0.05) is 51.1 Å². The number of aromatic nitrogens is 4. The topological polar surface area (TPSA) is 35.6 Å². The first-order valence-electron chi connectivity index (χ1n) is 14.2. The molecule has 0 amide bonds. The fraction of sp³-hybridized carbons (Fsp3) is 0. The number of rotatable bonds is 2. The molecule has 0 unspecified atom stereocenters. The Kier molecular flexibility index (Phi) is 4.87. The molecule has 0 radical (unpaired) electrons. The average Bonchev–Trinajstić information content (AvgIpc) is 3.64. The van der Waals surface area contributed by atoms with Crippen LogP contribution in [0.1, 0.15) is 0 Å². The van der Waals surface area contributed by atoms with Crippen molar-refractivity contribution in [3.8, 4) is 56.4 Å². The van der Waals surface area contributed by atoms with Crippen molar-refractivity contribution < 1.29 is 0 Å². The van der Waals surface area contributed by atoms with Gasteiger partial charge in [-0.05, 0) is 41.5 Å². The van der Waals surface area contributed by atoms with Gasteiger partial charge >= 0.3 is 0 Å². The molecule has 4 heteroatoms. The number of hydrogen-bond donors (Lipinski definition) is 0. The van der Waals surface area contributed by atoms with Crippen LogP contribution in [-0.2, 0) is 0 Å². The van der Waals surface area contributed by atoms with Crippen LogP contribution in [0.5, 0.6) is 0 Å². The quantitative estimate of drug-likeness (QED) is 0.221. The van der Waals surface area contributed by atoms with Crippen LogP contribution in [0.15, 0.2) is 146 Å². The van der Waals surface area contributed by atoms with Crippen molar-refractivity contribution in [2.75, 3.05) is 0 Å². The maximum absolute atomic E-state index is 5.40. The van der Waals surface area contributed by atoms with E-state index in [4.69, 9.17) is 9.97 Å². The highest BCUT2D eigenvalue weighted by Crippen LogP contribution is 2.48. The largest absolute Gasteiger partial charge is 0.316 e. The molecule has 0 fully saturated rings. The first-order chi connectivity index (χ1) is 20.9. The smallest absolute Gasteiger partial charge is 0.235 e. The Labute approximate surface area is 242 Å². The van der Waals surface area contributed by atoms with E-state index in [1.54, 1.807) is 0 Å². The molecule has 1 aliphatic carbocycles. The molecule has 4 nitrogen and oxygen atoms in total. The van der Waals surface area contributed by atoms with Gasteiger partial charge in [-0.2, -0.15) is 0 Å². The molecular weight excluding hydrogens is 512 g/mol. The summed E-state index contributed by atoms with van der Waals surface area (Å²) in [6, 6.07) is 47.0. The fourth-order valence-corrected chi connectivity index (χ4v) is 6.60. The molecule has 42 heavy (non-hydrogen) atoms. The van der Waals surface area contributed by atoms with Crippen molar-refractivity contribution in [1.29, 1.82) is 0 Å². The van der Waals surface area contributed by atoms with Gasteiger partial charge in [-0.1, -0.05) is 103 Å². The maximum atomic E-state index is 5.40. The standard InChI is InChI=1S/C38H24N4/c1-2-12-25(13-3-1)41-23-22-32-26-14-4-5-15-27(26)33-24-39-38(40-36(33)30-18-6-7-19-31(30)37(32)41)42-34-20-10-8-16-28(34)29-17-9-11-21-35(29)42/h1-24H. The van der Waals surface area contributed by atoms with Crippen LogP contribution in [0, 0.1) is 0 Å². The van der Waals surface area contributed by atoms with Gasteiger partial charge in [0.25, 0.3) is 0 Å². The fourth-order valence-electron chi connectivity index (χ4n) is 6.60. The Morgan fingerprint density at radius 3 is 1.74 bits per heavy atom. The second-order valence-electron chi connectivity index (χ2n) is 10.7. The zero-order valence-corrected chi connectivity index (χ0v) is 22.6. The van der Waals surface area contributed by atoms with E-state index >= 15 is 0 Å². The van der Waals surface area contributed by atoms with Crippen molar-refractivity contribution in [1.82, 2.24) is 19.1 Å². The third-order valence-corrected chi connectivity index (χ3v) is 8.42. The average molecular weight is 537 g/mol. The van der Waals surface area contributed by atoms with Crippen molar-refractivity contribution >= 4 is 21.8 Å². The Balaban J connectivity index is 1.38. The Hall–Kier alpha value is -5.74. The van der Waals surface area contributed by atoms with E-state index in [0.717, 1.165) is 50.4 Å². The minimum Gasteiger partial charge on any atom is -0.316 e. The predicted octanol–water partition coefficient (Wildman–Crippen LogP) is 9.35. The molecule has 0 saturated heterocycles. The van der Waals surface area contributed by atoms with Crippen LogP contribution < -0.4 is 0 Å². The molecule has 0 saturated carbocycles. The van der Waals surface area contributed by atoms with Gasteiger partial charge < -0.3 is 4.57 Å². The summed E-state index contributed by atoms with van der Waals surface area (Å²) in [7, 11) is 0. The molecule has 5 aromatic carbocycles. The lowest BCUT2D eigenvalue weighted by Crippen LogP contribution is -2.06. The summed E-state index contributed by atoms with van der Waals surface area (Å²) in [6.07, 6.45) is 4.19. The summed E-state index contributed by atoms with van der Waals surface area (Å²) in [5.41, 5.74) is 12.2. The Morgan fingerprint density at radius 2 is 1.02 bits per heavy atom. The number of benzene rings is 5. The lowest BCUT2D eigenvalue weighted by Gasteiger charge is -2.22. The summed E-state index contributed by atoms with van der Waals surface area (Å²) in [5, 5.41) is 2.39. The highest BCUT2D eigenvalue weighted by molar-refractivity contribution is 6.09. The highest BCUT2D eigenvalue weighted by Gasteiger charge is 2.26. The lowest BCUT2D eigenvalue weighted by molar-refractivity contribution is 0.993. The SMILES string of the molecule is c1ccc(-n2ccc3c2-c2ccccc2-c2nc(-n4c5ccccc5c5ccccc54)ncc2-c2ccccc2-3)cc1. The number of hydrogen-bond acceptors (Lipinski definition) is 2. The van der Waals surface area contributed by atoms with Crippen LogP contribution in [0.4, 0.5) is 0 Å².